The number of hydrogen-bond acceptors (Lipinski definition) is 5. The number of para-hydroxylation sites is 2. The lowest BCUT2D eigenvalue weighted by atomic mass is 9.92. The van der Waals surface area contributed by atoms with Crippen LogP contribution in [0.3, 0.4) is 0 Å². The number of aromatic hydroxyl groups is 1. The number of carbonyl (C=O) groups is 1. The molecule has 1 fully saturated rings. The molecule has 5 rings (SSSR count). The largest absolute Gasteiger partial charge is 0.507 e. The maximum atomic E-state index is 12.6. The summed E-state index contributed by atoms with van der Waals surface area (Å²) in [6.45, 7) is 4.66. The Kier molecular flexibility index (Phi) is 7.84. The number of nitrogens with zero attached hydrogens (tertiary/aromatic N) is 2. The molecule has 7 heteroatoms. The van der Waals surface area contributed by atoms with Crippen molar-refractivity contribution in [1.82, 2.24) is 10.2 Å². The van der Waals surface area contributed by atoms with Crippen molar-refractivity contribution in [3.63, 3.8) is 0 Å². The summed E-state index contributed by atoms with van der Waals surface area (Å²) in [7, 11) is 0. The Morgan fingerprint density at radius 2 is 1.89 bits per heavy atom. The van der Waals surface area contributed by atoms with Gasteiger partial charge in [-0.3, -0.25) is 9.79 Å². The first-order chi connectivity index (χ1) is 17.6. The van der Waals surface area contributed by atoms with Crippen molar-refractivity contribution < 1.29 is 14.6 Å². The zero-order valence-corrected chi connectivity index (χ0v) is 22.6. The number of nitrogens with one attached hydrogen (secondary N) is 1. The van der Waals surface area contributed by atoms with Gasteiger partial charge in [0.1, 0.15) is 11.5 Å². The number of rotatable bonds is 7. The monoisotopic (exact) mass is 597 g/mol. The third kappa shape index (κ3) is 5.72. The molecule has 188 valence electrons. The van der Waals surface area contributed by atoms with Crippen LogP contribution in [0.4, 0.5) is 0 Å². The average molecular weight is 597 g/mol. The van der Waals surface area contributed by atoms with E-state index in [9.17, 15) is 9.90 Å². The number of carbonyl (C=O) groups excluding carboxylic acids is 1. The molecule has 0 radical (unpaired) electrons. The summed E-state index contributed by atoms with van der Waals surface area (Å²) in [5, 5.41) is 14.2. The second-order valence-corrected chi connectivity index (χ2v) is 11.8. The molecule has 0 bridgehead atoms. The molecule has 6 nitrogen and oxygen atoms in total. The third-order valence-corrected chi connectivity index (χ3v) is 9.74. The number of allylic oxidation sites excluding steroid dienone is 2. The van der Waals surface area contributed by atoms with Crippen LogP contribution in [-0.2, 0) is 4.79 Å². The smallest absolute Gasteiger partial charge is 0.260 e. The fourth-order valence-electron chi connectivity index (χ4n) is 4.86. The standard InChI is InChI=1S/C29H32IN3O3/c1-20-16-30-17-24-25(15-26(32-29(20)24)23-9-5-6-10-27(23)34)31-18-21-11-13-33(14-12-21)28(35)19-36-22-7-3-2-4-8-22/h2-10,15-16,21,24,31,34H,11-14,17-19H2,1H3. The predicted molar refractivity (Wildman–Crippen MR) is 153 cm³/mol. The van der Waals surface area contributed by atoms with E-state index >= 15 is 0 Å². The number of halogens is 1. The normalized spacial score (nSPS) is 20.1. The molecule has 36 heavy (non-hydrogen) atoms. The van der Waals surface area contributed by atoms with Gasteiger partial charge < -0.3 is 20.1 Å². The quantitative estimate of drug-likeness (QED) is 0.360. The number of phenolic OH excluding ortho intramolecular Hbond substituents is 1. The van der Waals surface area contributed by atoms with Crippen LogP contribution in [0.15, 0.2) is 82.6 Å². The van der Waals surface area contributed by atoms with E-state index in [4.69, 9.17) is 9.73 Å². The van der Waals surface area contributed by atoms with E-state index in [1.165, 1.54) is 11.3 Å². The van der Waals surface area contributed by atoms with Gasteiger partial charge in [0.2, 0.25) is 0 Å². The summed E-state index contributed by atoms with van der Waals surface area (Å²) in [6, 6.07) is 16.9. The van der Waals surface area contributed by atoms with E-state index < -0.39 is 0 Å². The first kappa shape index (κ1) is 24.7. The van der Waals surface area contributed by atoms with Gasteiger partial charge in [0.25, 0.3) is 5.91 Å². The van der Waals surface area contributed by atoms with Crippen LogP contribution in [0.5, 0.6) is 11.5 Å². The van der Waals surface area contributed by atoms with Gasteiger partial charge in [-0.05, 0) is 65.6 Å². The van der Waals surface area contributed by atoms with E-state index in [1.807, 2.05) is 53.4 Å². The molecular weight excluding hydrogens is 565 g/mol. The number of ether oxygens (including phenoxy) is 1. The number of benzene rings is 2. The maximum absolute atomic E-state index is 12.6. The lowest BCUT2D eigenvalue weighted by molar-refractivity contribution is -0.134. The van der Waals surface area contributed by atoms with Crippen LogP contribution < -0.4 is 10.1 Å². The minimum Gasteiger partial charge on any atom is -0.507 e. The van der Waals surface area contributed by atoms with E-state index in [-0.39, 0.29) is 39.0 Å². The van der Waals surface area contributed by atoms with E-state index in [0.717, 1.165) is 59.6 Å². The van der Waals surface area contributed by atoms with Crippen molar-refractivity contribution in [2.24, 2.45) is 16.8 Å². The van der Waals surface area contributed by atoms with E-state index in [1.54, 1.807) is 6.07 Å². The van der Waals surface area contributed by atoms with Gasteiger partial charge in [-0.15, -0.1) is 20.7 Å². The molecule has 3 aliphatic heterocycles. The topological polar surface area (TPSA) is 74.2 Å². The van der Waals surface area contributed by atoms with Crippen LogP contribution in [-0.4, -0.2) is 56.3 Å². The van der Waals surface area contributed by atoms with Crippen molar-refractivity contribution >= 4 is 36.4 Å². The van der Waals surface area contributed by atoms with Crippen molar-refractivity contribution in [2.45, 2.75) is 19.8 Å². The summed E-state index contributed by atoms with van der Waals surface area (Å²) in [6.07, 6.45) is 4.08. The number of dihydropyridines is 1. The number of aliphatic imine (C=N–C) groups is 1. The molecule has 0 aliphatic carbocycles. The highest BCUT2D eigenvalue weighted by Crippen LogP contribution is 2.35. The number of piperidine rings is 1. The minimum absolute atomic E-state index is 0.0252. The molecule has 1 atom stereocenters. The van der Waals surface area contributed by atoms with Gasteiger partial charge in [0, 0.05) is 41.2 Å². The van der Waals surface area contributed by atoms with Crippen LogP contribution >= 0.6 is 20.7 Å². The number of likely N-dealkylation sites (tertiary alicyclic amines) is 1. The molecule has 2 aromatic carbocycles. The van der Waals surface area contributed by atoms with Crippen molar-refractivity contribution in [3.05, 3.63) is 83.2 Å². The van der Waals surface area contributed by atoms with Gasteiger partial charge in [-0.2, -0.15) is 0 Å². The molecule has 2 aromatic rings. The Morgan fingerprint density at radius 3 is 2.67 bits per heavy atom. The van der Waals surface area contributed by atoms with Crippen LogP contribution in [0.2, 0.25) is 0 Å². The molecule has 3 aliphatic rings. The number of fused-ring (bicyclic) bond motifs is 1. The van der Waals surface area contributed by atoms with Crippen LogP contribution in [0.25, 0.3) is 0 Å². The van der Waals surface area contributed by atoms with Crippen LogP contribution in [0, 0.1) is 11.8 Å². The zero-order chi connectivity index (χ0) is 24.9. The Morgan fingerprint density at radius 1 is 1.14 bits per heavy atom. The van der Waals surface area contributed by atoms with Gasteiger partial charge in [-0.25, -0.2) is 0 Å². The molecule has 1 amide bonds. The van der Waals surface area contributed by atoms with Gasteiger partial charge in [0.15, 0.2) is 6.61 Å². The van der Waals surface area contributed by atoms with E-state index in [0.29, 0.717) is 11.8 Å². The summed E-state index contributed by atoms with van der Waals surface area (Å²) >= 11 is 0.0252. The molecule has 2 N–H and O–H groups in total. The van der Waals surface area contributed by atoms with Gasteiger partial charge in [0.05, 0.1) is 11.4 Å². The first-order valence-electron chi connectivity index (χ1n) is 12.5. The molecule has 0 saturated carbocycles. The first-order valence-corrected chi connectivity index (χ1v) is 15.3. The average Bonchev–Trinajstić information content (AvgIpc) is 2.92. The Labute approximate surface area is 222 Å². The molecular formula is C29H32IN3O3. The van der Waals surface area contributed by atoms with E-state index in [2.05, 4.69) is 22.3 Å². The van der Waals surface area contributed by atoms with Crippen LogP contribution in [0.1, 0.15) is 25.3 Å². The number of amides is 1. The second-order valence-electron chi connectivity index (χ2n) is 9.46. The summed E-state index contributed by atoms with van der Waals surface area (Å²) < 4.78 is 9.16. The lowest BCUT2D eigenvalue weighted by Crippen LogP contribution is -2.43. The molecule has 3 heterocycles. The van der Waals surface area contributed by atoms with Gasteiger partial charge in [-0.1, -0.05) is 30.3 Å². The predicted octanol–water partition coefficient (Wildman–Crippen LogP) is 4.66. The molecule has 0 spiro atoms. The SMILES string of the molecule is CC1=C2N=C(c3ccccc3O)C=C(NCC3CCN(C(=O)COc4ccccc4)CC3)C2CI=C1. The van der Waals surface area contributed by atoms with Crippen molar-refractivity contribution in [2.75, 3.05) is 30.7 Å². The maximum Gasteiger partial charge on any atom is 0.260 e. The molecule has 1 saturated heterocycles. The van der Waals surface area contributed by atoms with Crippen molar-refractivity contribution in [3.8, 4) is 11.5 Å². The Bertz CT molecular complexity index is 1230. The fourth-order valence-corrected chi connectivity index (χ4v) is 7.50. The Hall–Kier alpha value is -2.94. The minimum atomic E-state index is 0.0252. The molecule has 0 aromatic heterocycles. The highest BCUT2D eigenvalue weighted by Gasteiger charge is 2.29. The summed E-state index contributed by atoms with van der Waals surface area (Å²) in [5.74, 6) is 1.86. The van der Waals surface area contributed by atoms with Gasteiger partial charge >= 0.3 is 0 Å². The summed E-state index contributed by atoms with van der Waals surface area (Å²) in [4.78, 5) is 19.5. The number of hydrogen-bond donors (Lipinski definition) is 2. The number of phenols is 1. The highest BCUT2D eigenvalue weighted by molar-refractivity contribution is 14.2. The highest BCUT2D eigenvalue weighted by atomic mass is 127. The number of alkyl halides is 1. The second kappa shape index (κ2) is 11.4. The lowest BCUT2D eigenvalue weighted by Gasteiger charge is -2.34. The molecule has 1 unspecified atom stereocenters. The van der Waals surface area contributed by atoms with Crippen molar-refractivity contribution in [1.29, 1.82) is 0 Å². The zero-order valence-electron chi connectivity index (χ0n) is 20.5. The fraction of sp³-hybridized carbons (Fsp3) is 0.345. The Balaban J connectivity index is 1.19. The third-order valence-electron chi connectivity index (χ3n) is 6.97. The summed E-state index contributed by atoms with van der Waals surface area (Å²) in [5.41, 5.74) is 5.18.